The summed E-state index contributed by atoms with van der Waals surface area (Å²) in [6.45, 7) is 9.49. The van der Waals surface area contributed by atoms with E-state index in [1.807, 2.05) is 0 Å². The van der Waals surface area contributed by atoms with Crippen LogP contribution in [0.1, 0.15) is 51.6 Å². The highest BCUT2D eigenvalue weighted by atomic mass is 15.1. The van der Waals surface area contributed by atoms with Gasteiger partial charge in [-0.15, -0.1) is 0 Å². The van der Waals surface area contributed by atoms with E-state index in [1.54, 1.807) is 0 Å². The lowest BCUT2D eigenvalue weighted by Gasteiger charge is -2.08. The Kier molecular flexibility index (Phi) is 3.55. The maximum Gasteiger partial charge on any atom is 0.126 e. The fourth-order valence-corrected chi connectivity index (χ4v) is 1.73. The van der Waals surface area contributed by atoms with Gasteiger partial charge >= 0.3 is 0 Å². The van der Waals surface area contributed by atoms with Gasteiger partial charge in [0.05, 0.1) is 5.69 Å². The number of hydrogen-bond acceptors (Lipinski definition) is 2. The Labute approximate surface area is 86.3 Å². The van der Waals surface area contributed by atoms with Crippen molar-refractivity contribution in [1.29, 1.82) is 0 Å². The van der Waals surface area contributed by atoms with E-state index >= 15 is 0 Å². The predicted molar refractivity (Wildman–Crippen MR) is 60.4 cm³/mol. The largest absolute Gasteiger partial charge is 0.384 e. The van der Waals surface area contributed by atoms with Crippen LogP contribution in [-0.4, -0.2) is 9.55 Å². The zero-order valence-electron chi connectivity index (χ0n) is 9.67. The van der Waals surface area contributed by atoms with E-state index in [1.165, 1.54) is 0 Å². The average molecular weight is 195 g/mol. The van der Waals surface area contributed by atoms with Crippen LogP contribution in [0.5, 0.6) is 0 Å². The fourth-order valence-electron chi connectivity index (χ4n) is 1.73. The highest BCUT2D eigenvalue weighted by molar-refractivity contribution is 5.39. The fraction of sp³-hybridized carbons (Fsp3) is 0.727. The normalized spacial score (nSPS) is 11.2. The quantitative estimate of drug-likeness (QED) is 0.802. The summed E-state index contributed by atoms with van der Waals surface area (Å²) in [5.74, 6) is 2.43. The molecule has 0 spiro atoms. The molecule has 14 heavy (non-hydrogen) atoms. The number of hydrogen-bond donors (Lipinski definition) is 1. The molecule has 0 radical (unpaired) electrons. The summed E-state index contributed by atoms with van der Waals surface area (Å²) >= 11 is 0. The molecule has 0 atom stereocenters. The van der Waals surface area contributed by atoms with Crippen LogP contribution in [-0.2, 0) is 13.0 Å². The lowest BCUT2D eigenvalue weighted by Crippen LogP contribution is -2.06. The summed E-state index contributed by atoms with van der Waals surface area (Å²) in [7, 11) is 0. The summed E-state index contributed by atoms with van der Waals surface area (Å²) in [6.07, 6.45) is 2.08. The molecule has 0 aromatic carbocycles. The summed E-state index contributed by atoms with van der Waals surface area (Å²) < 4.78 is 2.12. The molecule has 0 saturated heterocycles. The Bertz CT molecular complexity index is 300. The van der Waals surface area contributed by atoms with Gasteiger partial charge in [-0.05, 0) is 13.3 Å². The van der Waals surface area contributed by atoms with E-state index in [2.05, 4.69) is 37.2 Å². The minimum atomic E-state index is 0.447. The van der Waals surface area contributed by atoms with Crippen LogP contribution >= 0.6 is 0 Å². The van der Waals surface area contributed by atoms with Crippen LogP contribution in [0.4, 0.5) is 5.82 Å². The first-order valence-corrected chi connectivity index (χ1v) is 5.46. The van der Waals surface area contributed by atoms with Crippen molar-refractivity contribution in [3.05, 3.63) is 11.5 Å². The second kappa shape index (κ2) is 4.49. The van der Waals surface area contributed by atoms with Gasteiger partial charge in [-0.25, -0.2) is 4.98 Å². The third-order valence-corrected chi connectivity index (χ3v) is 2.43. The molecule has 80 valence electrons. The molecule has 0 fully saturated rings. The van der Waals surface area contributed by atoms with Gasteiger partial charge in [0.15, 0.2) is 0 Å². The molecule has 1 rings (SSSR count). The lowest BCUT2D eigenvalue weighted by atomic mass is 10.2. The molecule has 0 unspecified atom stereocenters. The number of aromatic nitrogens is 2. The Morgan fingerprint density at radius 2 is 2.00 bits per heavy atom. The lowest BCUT2D eigenvalue weighted by molar-refractivity contribution is 0.658. The Balaban J connectivity index is 3.11. The monoisotopic (exact) mass is 195 g/mol. The van der Waals surface area contributed by atoms with Crippen LogP contribution in [0.2, 0.25) is 0 Å². The number of nitrogens with two attached hydrogens (primary N) is 1. The molecule has 1 aromatic heterocycles. The standard InChI is InChI=1S/C11H21N3/c1-5-7-9-10(12)14(6-2)11(13-9)8(3)4/h8H,5-7,12H2,1-4H3. The topological polar surface area (TPSA) is 43.8 Å². The van der Waals surface area contributed by atoms with Crippen molar-refractivity contribution in [3.8, 4) is 0 Å². The molecule has 0 amide bonds. The zero-order valence-corrected chi connectivity index (χ0v) is 9.67. The minimum Gasteiger partial charge on any atom is -0.384 e. The number of nitrogen functional groups attached to an aromatic ring is 1. The molecule has 3 nitrogen and oxygen atoms in total. The van der Waals surface area contributed by atoms with E-state index in [-0.39, 0.29) is 0 Å². The summed E-state index contributed by atoms with van der Waals surface area (Å²) in [4.78, 5) is 4.61. The summed E-state index contributed by atoms with van der Waals surface area (Å²) in [5, 5.41) is 0. The minimum absolute atomic E-state index is 0.447. The number of aryl methyl sites for hydroxylation is 1. The van der Waals surface area contributed by atoms with Gasteiger partial charge in [-0.2, -0.15) is 0 Å². The van der Waals surface area contributed by atoms with Crippen LogP contribution in [0.25, 0.3) is 0 Å². The van der Waals surface area contributed by atoms with E-state index in [9.17, 15) is 0 Å². The highest BCUT2D eigenvalue weighted by Crippen LogP contribution is 2.21. The number of rotatable bonds is 4. The Morgan fingerprint density at radius 3 is 2.36 bits per heavy atom. The van der Waals surface area contributed by atoms with Crippen molar-refractivity contribution < 1.29 is 0 Å². The maximum atomic E-state index is 6.04. The molecule has 3 heteroatoms. The third kappa shape index (κ3) is 1.91. The van der Waals surface area contributed by atoms with Gasteiger partial charge in [0, 0.05) is 12.5 Å². The van der Waals surface area contributed by atoms with E-state index in [4.69, 9.17) is 5.73 Å². The molecular weight excluding hydrogens is 174 g/mol. The summed E-state index contributed by atoms with van der Waals surface area (Å²) in [5.41, 5.74) is 7.11. The average Bonchev–Trinajstić information content (AvgIpc) is 2.44. The first kappa shape index (κ1) is 11.1. The van der Waals surface area contributed by atoms with Gasteiger partial charge in [0.2, 0.25) is 0 Å². The SMILES string of the molecule is CCCc1nc(C(C)C)n(CC)c1N. The highest BCUT2D eigenvalue weighted by Gasteiger charge is 2.14. The third-order valence-electron chi connectivity index (χ3n) is 2.43. The van der Waals surface area contributed by atoms with Crippen molar-refractivity contribution in [2.75, 3.05) is 5.73 Å². The molecule has 2 N–H and O–H groups in total. The maximum absolute atomic E-state index is 6.04. The molecule has 0 aliphatic rings. The van der Waals surface area contributed by atoms with Gasteiger partial charge in [-0.1, -0.05) is 27.2 Å². The van der Waals surface area contributed by atoms with Crippen LogP contribution in [0.3, 0.4) is 0 Å². The van der Waals surface area contributed by atoms with Crippen LogP contribution in [0, 0.1) is 0 Å². The second-order valence-electron chi connectivity index (χ2n) is 3.95. The van der Waals surface area contributed by atoms with Crippen molar-refractivity contribution in [1.82, 2.24) is 9.55 Å². The Morgan fingerprint density at radius 1 is 1.36 bits per heavy atom. The molecular formula is C11H21N3. The molecule has 0 bridgehead atoms. The molecule has 0 aliphatic carbocycles. The number of anilines is 1. The summed E-state index contributed by atoms with van der Waals surface area (Å²) in [6, 6.07) is 0. The van der Waals surface area contributed by atoms with Gasteiger partial charge < -0.3 is 10.3 Å². The first-order valence-electron chi connectivity index (χ1n) is 5.46. The van der Waals surface area contributed by atoms with Crippen LogP contribution in [0.15, 0.2) is 0 Å². The number of nitrogens with zero attached hydrogens (tertiary/aromatic N) is 2. The predicted octanol–water partition coefficient (Wildman–Crippen LogP) is 2.56. The van der Waals surface area contributed by atoms with E-state index in [0.29, 0.717) is 5.92 Å². The Hall–Kier alpha value is -0.990. The molecule has 0 saturated carbocycles. The zero-order chi connectivity index (χ0) is 10.7. The smallest absolute Gasteiger partial charge is 0.126 e. The first-order chi connectivity index (χ1) is 6.61. The molecule has 0 aliphatic heterocycles. The molecule has 1 heterocycles. The van der Waals surface area contributed by atoms with E-state index < -0.39 is 0 Å². The van der Waals surface area contributed by atoms with Crippen molar-refractivity contribution in [3.63, 3.8) is 0 Å². The van der Waals surface area contributed by atoms with Crippen molar-refractivity contribution >= 4 is 5.82 Å². The van der Waals surface area contributed by atoms with Crippen molar-refractivity contribution in [2.45, 2.75) is 53.0 Å². The van der Waals surface area contributed by atoms with Crippen molar-refractivity contribution in [2.24, 2.45) is 0 Å². The van der Waals surface area contributed by atoms with Crippen LogP contribution < -0.4 is 5.73 Å². The second-order valence-corrected chi connectivity index (χ2v) is 3.95. The van der Waals surface area contributed by atoms with Gasteiger partial charge in [0.1, 0.15) is 11.6 Å². The number of imidazole rings is 1. The van der Waals surface area contributed by atoms with Gasteiger partial charge in [0.25, 0.3) is 0 Å². The molecule has 1 aromatic rings. The van der Waals surface area contributed by atoms with E-state index in [0.717, 1.165) is 36.7 Å². The van der Waals surface area contributed by atoms with Gasteiger partial charge in [-0.3, -0.25) is 0 Å².